The lowest BCUT2D eigenvalue weighted by Gasteiger charge is -2.02. The summed E-state index contributed by atoms with van der Waals surface area (Å²) in [5.41, 5.74) is 2.75. The third kappa shape index (κ3) is 3.30. The van der Waals surface area contributed by atoms with Crippen LogP contribution in [0.2, 0.25) is 0 Å². The summed E-state index contributed by atoms with van der Waals surface area (Å²) in [7, 11) is 1.62. The van der Waals surface area contributed by atoms with Gasteiger partial charge >= 0.3 is 0 Å². The predicted octanol–water partition coefficient (Wildman–Crippen LogP) is 4.95. The number of carbonyl (C=O) groups is 1. The Morgan fingerprint density at radius 1 is 1.08 bits per heavy atom. The summed E-state index contributed by atoms with van der Waals surface area (Å²) in [5, 5.41) is 2.79. The number of aromatic nitrogens is 1. The molecule has 7 heteroatoms. The van der Waals surface area contributed by atoms with Gasteiger partial charge in [-0.2, -0.15) is 0 Å². The fraction of sp³-hybridized carbons (Fsp3) is 0.0526. The van der Waals surface area contributed by atoms with Gasteiger partial charge in [0.1, 0.15) is 11.3 Å². The summed E-state index contributed by atoms with van der Waals surface area (Å²) in [5.74, 6) is 1.22. The molecule has 2 aromatic carbocycles. The van der Waals surface area contributed by atoms with E-state index in [0.29, 0.717) is 26.4 Å². The van der Waals surface area contributed by atoms with Crippen molar-refractivity contribution < 1.29 is 18.4 Å². The van der Waals surface area contributed by atoms with Crippen molar-refractivity contribution in [2.75, 3.05) is 12.4 Å². The number of carbonyl (C=O) groups excluding carboxylic acids is 1. The van der Waals surface area contributed by atoms with E-state index in [0.717, 1.165) is 11.3 Å². The minimum absolute atomic E-state index is 0.258. The fourth-order valence-corrected chi connectivity index (χ4v) is 2.91. The molecule has 0 aliphatic rings. The highest BCUT2D eigenvalue weighted by atomic mass is 127. The zero-order chi connectivity index (χ0) is 18.1. The second-order valence-corrected chi connectivity index (χ2v) is 6.55. The number of halogens is 1. The van der Waals surface area contributed by atoms with Crippen molar-refractivity contribution in [1.29, 1.82) is 0 Å². The monoisotopic (exact) mass is 460 g/mol. The summed E-state index contributed by atoms with van der Waals surface area (Å²) in [6.07, 6.45) is 0. The fourth-order valence-electron chi connectivity index (χ4n) is 2.49. The van der Waals surface area contributed by atoms with Crippen molar-refractivity contribution in [3.63, 3.8) is 0 Å². The van der Waals surface area contributed by atoms with Crippen molar-refractivity contribution in [1.82, 2.24) is 4.98 Å². The lowest BCUT2D eigenvalue weighted by atomic mass is 10.2. The predicted molar refractivity (Wildman–Crippen MR) is 105 cm³/mol. The number of hydrogen-bond acceptors (Lipinski definition) is 5. The number of methoxy groups -OCH3 is 1. The van der Waals surface area contributed by atoms with Crippen LogP contribution in [-0.2, 0) is 0 Å². The average molecular weight is 460 g/mol. The van der Waals surface area contributed by atoms with Crippen LogP contribution in [0, 0.1) is 3.77 Å². The summed E-state index contributed by atoms with van der Waals surface area (Å²) < 4.78 is 16.9. The van der Waals surface area contributed by atoms with E-state index >= 15 is 0 Å². The van der Waals surface area contributed by atoms with Crippen molar-refractivity contribution in [2.24, 2.45) is 0 Å². The lowest BCUT2D eigenvalue weighted by molar-refractivity contribution is 0.0995. The molecule has 0 aliphatic heterocycles. The number of ether oxygens (including phenoxy) is 1. The highest BCUT2D eigenvalue weighted by molar-refractivity contribution is 14.1. The van der Waals surface area contributed by atoms with Crippen LogP contribution in [0.1, 0.15) is 10.6 Å². The normalized spacial score (nSPS) is 10.8. The third-order valence-electron chi connectivity index (χ3n) is 3.78. The second-order valence-electron chi connectivity index (χ2n) is 5.49. The average Bonchev–Trinajstić information content (AvgIpc) is 3.27. The first-order valence-corrected chi connectivity index (χ1v) is 8.82. The second kappa shape index (κ2) is 6.83. The molecule has 0 saturated carbocycles. The molecule has 26 heavy (non-hydrogen) atoms. The van der Waals surface area contributed by atoms with E-state index in [-0.39, 0.29) is 11.7 Å². The molecule has 0 unspecified atom stereocenters. The van der Waals surface area contributed by atoms with Gasteiger partial charge in [-0.05, 0) is 77.2 Å². The molecule has 0 atom stereocenters. The van der Waals surface area contributed by atoms with E-state index in [1.54, 1.807) is 37.4 Å². The molecule has 2 aromatic heterocycles. The van der Waals surface area contributed by atoms with E-state index < -0.39 is 0 Å². The molecule has 1 amide bonds. The Bertz CT molecular complexity index is 1080. The molecule has 4 rings (SSSR count). The summed E-state index contributed by atoms with van der Waals surface area (Å²) in [4.78, 5) is 16.7. The Labute approximate surface area is 162 Å². The van der Waals surface area contributed by atoms with Crippen molar-refractivity contribution in [3.8, 4) is 17.2 Å². The quantitative estimate of drug-likeness (QED) is 0.436. The molecule has 0 radical (unpaired) electrons. The first-order chi connectivity index (χ1) is 12.6. The van der Waals surface area contributed by atoms with Gasteiger partial charge in [0.05, 0.1) is 7.11 Å². The summed E-state index contributed by atoms with van der Waals surface area (Å²) in [6.45, 7) is 0. The van der Waals surface area contributed by atoms with Gasteiger partial charge in [-0.15, -0.1) is 0 Å². The van der Waals surface area contributed by atoms with E-state index in [4.69, 9.17) is 13.6 Å². The Morgan fingerprint density at radius 2 is 1.88 bits per heavy atom. The minimum atomic E-state index is -0.314. The maximum Gasteiger partial charge on any atom is 0.291 e. The van der Waals surface area contributed by atoms with E-state index in [2.05, 4.69) is 10.3 Å². The molecular weight excluding hydrogens is 447 g/mol. The van der Waals surface area contributed by atoms with Crippen LogP contribution >= 0.6 is 22.6 Å². The van der Waals surface area contributed by atoms with Gasteiger partial charge < -0.3 is 18.9 Å². The number of anilines is 1. The van der Waals surface area contributed by atoms with Gasteiger partial charge in [0.25, 0.3) is 5.91 Å². The highest BCUT2D eigenvalue weighted by Gasteiger charge is 2.13. The topological polar surface area (TPSA) is 77.5 Å². The van der Waals surface area contributed by atoms with Gasteiger partial charge in [-0.1, -0.05) is 0 Å². The van der Waals surface area contributed by atoms with Crippen molar-refractivity contribution >= 4 is 45.3 Å². The van der Waals surface area contributed by atoms with Crippen LogP contribution in [0.5, 0.6) is 5.75 Å². The first-order valence-electron chi connectivity index (χ1n) is 7.74. The number of furan rings is 1. The van der Waals surface area contributed by atoms with Crippen LogP contribution in [0.4, 0.5) is 5.69 Å². The van der Waals surface area contributed by atoms with Gasteiger partial charge in [-0.25, -0.2) is 4.98 Å². The van der Waals surface area contributed by atoms with Gasteiger partial charge in [-0.3, -0.25) is 4.79 Å². The van der Waals surface area contributed by atoms with E-state index in [1.165, 1.54) is 0 Å². The lowest BCUT2D eigenvalue weighted by Crippen LogP contribution is -2.10. The molecule has 130 valence electrons. The highest BCUT2D eigenvalue weighted by Crippen LogP contribution is 2.27. The standard InChI is InChI=1S/C19H13IN2O4/c1-24-13-5-2-11(3-6-13)19-22-14-10-12(4-7-15(14)26-19)21-18(23)16-8-9-17(20)25-16/h2-10H,1H3,(H,21,23). The van der Waals surface area contributed by atoms with Crippen LogP contribution in [0.3, 0.4) is 0 Å². The zero-order valence-electron chi connectivity index (χ0n) is 13.7. The van der Waals surface area contributed by atoms with Gasteiger partial charge in [0.2, 0.25) is 5.89 Å². The molecule has 0 saturated heterocycles. The number of hydrogen-bond donors (Lipinski definition) is 1. The van der Waals surface area contributed by atoms with E-state index in [1.807, 2.05) is 46.9 Å². The molecular formula is C19H13IN2O4. The zero-order valence-corrected chi connectivity index (χ0v) is 15.8. The first kappa shape index (κ1) is 16.6. The number of nitrogens with one attached hydrogen (secondary N) is 1. The number of amides is 1. The van der Waals surface area contributed by atoms with Crippen molar-refractivity contribution in [2.45, 2.75) is 0 Å². The summed E-state index contributed by atoms with van der Waals surface area (Å²) >= 11 is 2.01. The molecule has 4 aromatic rings. The number of rotatable bonds is 4. The molecule has 0 fully saturated rings. The number of oxazole rings is 1. The van der Waals surface area contributed by atoms with Crippen molar-refractivity contribution in [3.05, 3.63) is 64.1 Å². The molecule has 6 nitrogen and oxygen atoms in total. The molecule has 1 N–H and O–H groups in total. The van der Waals surface area contributed by atoms with Gasteiger partial charge in [0, 0.05) is 11.3 Å². The Kier molecular flexibility index (Phi) is 4.37. The SMILES string of the molecule is COc1ccc(-c2nc3cc(NC(=O)c4ccc(I)o4)ccc3o2)cc1. The smallest absolute Gasteiger partial charge is 0.291 e. The minimum Gasteiger partial charge on any atom is -0.497 e. The molecule has 0 aliphatic carbocycles. The molecule has 0 bridgehead atoms. The maximum atomic E-state index is 12.2. The largest absolute Gasteiger partial charge is 0.497 e. The van der Waals surface area contributed by atoms with Crippen LogP contribution in [0.15, 0.2) is 63.4 Å². The van der Waals surface area contributed by atoms with Crippen LogP contribution in [0.25, 0.3) is 22.6 Å². The van der Waals surface area contributed by atoms with Crippen LogP contribution in [-0.4, -0.2) is 18.0 Å². The number of fused-ring (bicyclic) bond motifs is 1. The van der Waals surface area contributed by atoms with Gasteiger partial charge in [0.15, 0.2) is 15.1 Å². The van der Waals surface area contributed by atoms with E-state index in [9.17, 15) is 4.79 Å². The molecule has 0 spiro atoms. The number of benzene rings is 2. The summed E-state index contributed by atoms with van der Waals surface area (Å²) in [6, 6.07) is 16.1. The third-order valence-corrected chi connectivity index (χ3v) is 4.36. The Balaban J connectivity index is 1.60. The van der Waals surface area contributed by atoms with Crippen LogP contribution < -0.4 is 10.1 Å². The maximum absolute atomic E-state index is 12.2. The number of nitrogens with zero attached hydrogens (tertiary/aromatic N) is 1. The Hall–Kier alpha value is -2.81. The Morgan fingerprint density at radius 3 is 2.58 bits per heavy atom. The molecule has 2 heterocycles.